The Balaban J connectivity index is 2.20. The lowest BCUT2D eigenvalue weighted by Gasteiger charge is -2.27. The van der Waals surface area contributed by atoms with Gasteiger partial charge in [0, 0.05) is 0 Å². The van der Waals surface area contributed by atoms with E-state index in [9.17, 15) is 0 Å². The molecule has 0 aliphatic carbocycles. The molecule has 0 atom stereocenters. The van der Waals surface area contributed by atoms with E-state index in [4.69, 9.17) is 0 Å². The van der Waals surface area contributed by atoms with Crippen LogP contribution in [0, 0.1) is 0 Å². The van der Waals surface area contributed by atoms with Gasteiger partial charge in [0.15, 0.2) is 0 Å². The number of hydrogen-bond donors (Lipinski definition) is 0. The van der Waals surface area contributed by atoms with Crippen LogP contribution in [0.25, 0.3) is 16.4 Å². The molecular weight excluding hydrogens is 244 g/mol. The van der Waals surface area contributed by atoms with Crippen molar-refractivity contribution in [1.29, 1.82) is 0 Å². The molecule has 1 aliphatic rings. The van der Waals surface area contributed by atoms with Gasteiger partial charge in [-0.3, -0.25) is 0 Å². The third-order valence-corrected chi connectivity index (χ3v) is 5.36. The maximum absolute atomic E-state index is 2.55. The minimum atomic E-state index is 0.266. The van der Waals surface area contributed by atoms with Crippen LogP contribution in [0.1, 0.15) is 38.7 Å². The number of aromatic nitrogens is 2. The second-order valence-electron chi connectivity index (χ2n) is 6.03. The molecule has 0 N–H and O–H groups in total. The van der Waals surface area contributed by atoms with Crippen LogP contribution < -0.4 is 4.57 Å². The van der Waals surface area contributed by atoms with Gasteiger partial charge in [-0.2, -0.15) is 0 Å². The van der Waals surface area contributed by atoms with Crippen molar-refractivity contribution >= 4 is 16.4 Å². The topological polar surface area (TPSA) is 8.29 Å². The summed E-state index contributed by atoms with van der Waals surface area (Å²) in [5.41, 5.74) is 3.14. The molecule has 1 aliphatic heterocycles. The smallest absolute Gasteiger partial charge is 0.224 e. The molecule has 2 heteroatoms. The Labute approximate surface area is 119 Å². The summed E-state index contributed by atoms with van der Waals surface area (Å²) in [6, 6.07) is 8.98. The summed E-state index contributed by atoms with van der Waals surface area (Å²) in [5, 5.41) is 2.81. The van der Waals surface area contributed by atoms with E-state index < -0.39 is 0 Å². The summed E-state index contributed by atoms with van der Waals surface area (Å²) < 4.78 is 4.84. The normalized spacial score (nSPS) is 16.9. The van der Waals surface area contributed by atoms with Crippen LogP contribution >= 0.6 is 0 Å². The van der Waals surface area contributed by atoms with E-state index >= 15 is 0 Å². The Morgan fingerprint density at radius 2 is 2.00 bits per heavy atom. The Bertz CT molecular complexity index is 794. The summed E-state index contributed by atoms with van der Waals surface area (Å²) in [5.74, 6) is 0. The minimum Gasteiger partial charge on any atom is -0.224 e. The van der Waals surface area contributed by atoms with E-state index in [1.165, 1.54) is 47.7 Å². The standard InChI is InChI=1S/C18H21N2/c1-3-18(4-2)10-8-14-6-5-7-15-9-11-19-12-13-20(18)17(19)16(14)15/h5-7,9,11-13H,3-4,8,10H2,1-2H3/q+1. The minimum absolute atomic E-state index is 0.266. The number of nitrogens with zero attached hydrogens (tertiary/aromatic N) is 2. The fraction of sp³-hybridized carbons (Fsp3) is 0.389. The number of hydrogen-bond acceptors (Lipinski definition) is 0. The van der Waals surface area contributed by atoms with Crippen molar-refractivity contribution in [3.05, 3.63) is 48.4 Å². The fourth-order valence-corrected chi connectivity index (χ4v) is 3.99. The molecule has 0 bridgehead atoms. The molecule has 0 saturated heterocycles. The molecule has 0 fully saturated rings. The van der Waals surface area contributed by atoms with Crippen molar-refractivity contribution in [2.45, 2.75) is 45.1 Å². The second-order valence-corrected chi connectivity index (χ2v) is 6.03. The first-order chi connectivity index (χ1) is 9.79. The molecule has 2 nitrogen and oxygen atoms in total. The van der Waals surface area contributed by atoms with Gasteiger partial charge in [0.05, 0.1) is 11.6 Å². The molecule has 0 amide bonds. The Kier molecular flexibility index (Phi) is 2.44. The zero-order valence-corrected chi connectivity index (χ0v) is 12.3. The van der Waals surface area contributed by atoms with Crippen LogP contribution in [-0.2, 0) is 12.0 Å². The lowest BCUT2D eigenvalue weighted by molar-refractivity contribution is -0.743. The average Bonchev–Trinajstić information content (AvgIpc) is 2.88. The molecule has 0 unspecified atom stereocenters. The number of rotatable bonds is 2. The quantitative estimate of drug-likeness (QED) is 0.622. The third-order valence-electron chi connectivity index (χ3n) is 5.36. The highest BCUT2D eigenvalue weighted by Gasteiger charge is 2.37. The largest absolute Gasteiger partial charge is 0.294 e. The summed E-state index contributed by atoms with van der Waals surface area (Å²) in [4.78, 5) is 0. The molecule has 0 saturated carbocycles. The van der Waals surface area contributed by atoms with Crippen molar-refractivity contribution in [3.8, 4) is 0 Å². The number of benzene rings is 1. The van der Waals surface area contributed by atoms with Gasteiger partial charge in [0.2, 0.25) is 0 Å². The van der Waals surface area contributed by atoms with E-state index in [-0.39, 0.29) is 5.54 Å². The Morgan fingerprint density at radius 1 is 1.15 bits per heavy atom. The molecule has 0 radical (unpaired) electrons. The first-order valence-corrected chi connectivity index (χ1v) is 7.72. The van der Waals surface area contributed by atoms with Gasteiger partial charge in [0.1, 0.15) is 17.9 Å². The number of pyridine rings is 1. The first-order valence-electron chi connectivity index (χ1n) is 7.72. The SMILES string of the molecule is CCC1(CC)CCc2cccc3ccn4cc[n+]1c4c23. The van der Waals surface area contributed by atoms with Crippen molar-refractivity contribution in [3.63, 3.8) is 0 Å². The summed E-state index contributed by atoms with van der Waals surface area (Å²) in [6.07, 6.45) is 11.5. The van der Waals surface area contributed by atoms with E-state index in [0.29, 0.717) is 0 Å². The van der Waals surface area contributed by atoms with E-state index in [1.54, 1.807) is 0 Å². The van der Waals surface area contributed by atoms with Crippen molar-refractivity contribution in [1.82, 2.24) is 4.40 Å². The molecule has 0 spiro atoms. The highest BCUT2D eigenvalue weighted by molar-refractivity contribution is 5.95. The van der Waals surface area contributed by atoms with Crippen molar-refractivity contribution < 1.29 is 4.57 Å². The Hall–Kier alpha value is -1.83. The molecule has 1 aromatic carbocycles. The summed E-state index contributed by atoms with van der Waals surface area (Å²) in [6.45, 7) is 4.66. The zero-order valence-electron chi connectivity index (χ0n) is 12.3. The second kappa shape index (κ2) is 4.08. The van der Waals surface area contributed by atoms with Crippen molar-refractivity contribution in [2.75, 3.05) is 0 Å². The van der Waals surface area contributed by atoms with E-state index in [0.717, 1.165) is 0 Å². The van der Waals surface area contributed by atoms with Gasteiger partial charge in [-0.05, 0) is 42.7 Å². The van der Waals surface area contributed by atoms with Gasteiger partial charge in [-0.25, -0.2) is 8.97 Å². The van der Waals surface area contributed by atoms with E-state index in [1.807, 2.05) is 0 Å². The van der Waals surface area contributed by atoms with Crippen LogP contribution in [0.4, 0.5) is 0 Å². The van der Waals surface area contributed by atoms with Gasteiger partial charge in [-0.15, -0.1) is 0 Å². The molecule has 3 aromatic rings. The van der Waals surface area contributed by atoms with Crippen LogP contribution in [0.15, 0.2) is 42.9 Å². The van der Waals surface area contributed by atoms with Crippen LogP contribution in [-0.4, -0.2) is 4.40 Å². The zero-order chi connectivity index (χ0) is 13.7. The molecule has 4 rings (SSSR count). The molecule has 102 valence electrons. The van der Waals surface area contributed by atoms with Crippen LogP contribution in [0.5, 0.6) is 0 Å². The van der Waals surface area contributed by atoms with Gasteiger partial charge >= 0.3 is 0 Å². The maximum Gasteiger partial charge on any atom is 0.294 e. The van der Waals surface area contributed by atoms with Crippen molar-refractivity contribution in [2.24, 2.45) is 0 Å². The maximum atomic E-state index is 2.55. The highest BCUT2D eigenvalue weighted by atomic mass is 15.2. The number of imidazole rings is 1. The van der Waals surface area contributed by atoms with Gasteiger partial charge in [0.25, 0.3) is 5.65 Å². The van der Waals surface area contributed by atoms with Gasteiger partial charge < -0.3 is 0 Å². The van der Waals surface area contributed by atoms with Gasteiger partial charge in [-0.1, -0.05) is 32.0 Å². The predicted molar refractivity (Wildman–Crippen MR) is 82.0 cm³/mol. The first kappa shape index (κ1) is 12.0. The molecule has 20 heavy (non-hydrogen) atoms. The predicted octanol–water partition coefficient (Wildman–Crippen LogP) is 3.84. The summed E-state index contributed by atoms with van der Waals surface area (Å²) in [7, 11) is 0. The molecular formula is C18H21N2+. The Morgan fingerprint density at radius 3 is 2.80 bits per heavy atom. The fourth-order valence-electron chi connectivity index (χ4n) is 3.99. The van der Waals surface area contributed by atoms with E-state index in [2.05, 4.69) is 65.7 Å². The molecule has 3 heterocycles. The summed E-state index contributed by atoms with van der Waals surface area (Å²) >= 11 is 0. The molecule has 2 aromatic heterocycles. The highest BCUT2D eigenvalue weighted by Crippen LogP contribution is 2.33. The van der Waals surface area contributed by atoms with Crippen LogP contribution in [0.3, 0.4) is 0 Å². The average molecular weight is 265 g/mol. The lowest BCUT2D eigenvalue weighted by atomic mass is 9.86. The number of aryl methyl sites for hydroxylation is 1. The van der Waals surface area contributed by atoms with Crippen LogP contribution in [0.2, 0.25) is 0 Å². The lowest BCUT2D eigenvalue weighted by Crippen LogP contribution is -2.54. The third kappa shape index (κ3) is 1.37. The monoisotopic (exact) mass is 265 g/mol.